The summed E-state index contributed by atoms with van der Waals surface area (Å²) in [6.45, 7) is 2.15. The molecule has 0 radical (unpaired) electrons. The summed E-state index contributed by atoms with van der Waals surface area (Å²) in [6.07, 6.45) is 0. The molecule has 1 atom stereocenters. The number of carbonyl (C=O) groups excluding carboxylic acids is 1. The van der Waals surface area contributed by atoms with Crippen molar-refractivity contribution in [3.05, 3.63) is 63.0 Å². The molecule has 1 unspecified atom stereocenters. The van der Waals surface area contributed by atoms with E-state index in [0.29, 0.717) is 6.61 Å². The minimum atomic E-state index is -0.554. The molecular formula is C16H15Br2NO2. The number of rotatable bonds is 5. The zero-order valence-corrected chi connectivity index (χ0v) is 14.6. The fraction of sp³-hybridized carbons (Fsp3) is 0.188. The molecule has 5 heteroatoms. The molecule has 0 saturated heterocycles. The van der Waals surface area contributed by atoms with Crippen LogP contribution in [0.2, 0.25) is 0 Å². The highest BCUT2D eigenvalue weighted by molar-refractivity contribution is 9.10. The summed E-state index contributed by atoms with van der Waals surface area (Å²) in [5.74, 6) is -0.300. The topological polar surface area (TPSA) is 38.3 Å². The lowest BCUT2D eigenvalue weighted by atomic mass is 10.1. The Labute approximate surface area is 141 Å². The van der Waals surface area contributed by atoms with Gasteiger partial charge in [0.15, 0.2) is 6.04 Å². The molecule has 0 aliphatic heterocycles. The van der Waals surface area contributed by atoms with Crippen LogP contribution in [-0.2, 0) is 9.53 Å². The number of anilines is 1. The van der Waals surface area contributed by atoms with E-state index in [1.54, 1.807) is 6.92 Å². The van der Waals surface area contributed by atoms with Crippen molar-refractivity contribution in [3.8, 4) is 0 Å². The molecule has 0 aliphatic rings. The molecule has 0 aromatic heterocycles. The van der Waals surface area contributed by atoms with E-state index in [1.807, 2.05) is 48.5 Å². The molecule has 0 heterocycles. The van der Waals surface area contributed by atoms with Crippen molar-refractivity contribution in [1.82, 2.24) is 0 Å². The molecule has 0 amide bonds. The number of carbonyl (C=O) groups is 1. The number of esters is 1. The van der Waals surface area contributed by atoms with E-state index in [4.69, 9.17) is 4.74 Å². The lowest BCUT2D eigenvalue weighted by Crippen LogP contribution is -2.23. The summed E-state index contributed by atoms with van der Waals surface area (Å²) in [4.78, 5) is 12.3. The maximum absolute atomic E-state index is 12.3. The fourth-order valence-electron chi connectivity index (χ4n) is 1.92. The van der Waals surface area contributed by atoms with Gasteiger partial charge >= 0.3 is 5.97 Å². The van der Waals surface area contributed by atoms with Gasteiger partial charge in [-0.1, -0.05) is 40.2 Å². The zero-order valence-electron chi connectivity index (χ0n) is 11.5. The number of hydrogen-bond acceptors (Lipinski definition) is 3. The Balaban J connectivity index is 2.33. The predicted octanol–water partition coefficient (Wildman–Crippen LogP) is 4.93. The average Bonchev–Trinajstić information content (AvgIpc) is 2.46. The SMILES string of the molecule is CCOC(=O)C(Nc1ccccc1Br)c1cccc(Br)c1. The third kappa shape index (κ3) is 4.32. The monoisotopic (exact) mass is 411 g/mol. The Morgan fingerprint density at radius 1 is 1.19 bits per heavy atom. The normalized spacial score (nSPS) is 11.8. The van der Waals surface area contributed by atoms with Gasteiger partial charge in [0.2, 0.25) is 0 Å². The lowest BCUT2D eigenvalue weighted by molar-refractivity contribution is -0.144. The Kier molecular flexibility index (Phi) is 5.82. The summed E-state index contributed by atoms with van der Waals surface area (Å²) in [7, 11) is 0. The minimum absolute atomic E-state index is 0.300. The summed E-state index contributed by atoms with van der Waals surface area (Å²) < 4.78 is 7.00. The van der Waals surface area contributed by atoms with Crippen LogP contribution in [0.4, 0.5) is 5.69 Å². The van der Waals surface area contributed by atoms with Crippen molar-refractivity contribution in [2.24, 2.45) is 0 Å². The van der Waals surface area contributed by atoms with Gasteiger partial charge in [-0.25, -0.2) is 4.79 Å². The third-order valence-corrected chi connectivity index (χ3v) is 4.06. The van der Waals surface area contributed by atoms with Crippen molar-refractivity contribution < 1.29 is 9.53 Å². The van der Waals surface area contributed by atoms with Crippen LogP contribution in [0.1, 0.15) is 18.5 Å². The van der Waals surface area contributed by atoms with Gasteiger partial charge in [-0.05, 0) is 52.7 Å². The van der Waals surface area contributed by atoms with E-state index in [-0.39, 0.29) is 5.97 Å². The van der Waals surface area contributed by atoms with Gasteiger partial charge in [0.05, 0.1) is 6.61 Å². The maximum Gasteiger partial charge on any atom is 0.333 e. The molecule has 0 spiro atoms. The van der Waals surface area contributed by atoms with Gasteiger partial charge in [0.1, 0.15) is 0 Å². The molecule has 0 fully saturated rings. The highest BCUT2D eigenvalue weighted by Crippen LogP contribution is 2.28. The Morgan fingerprint density at radius 2 is 1.95 bits per heavy atom. The number of para-hydroxylation sites is 1. The zero-order chi connectivity index (χ0) is 15.2. The van der Waals surface area contributed by atoms with Crippen LogP contribution < -0.4 is 5.32 Å². The van der Waals surface area contributed by atoms with Crippen molar-refractivity contribution >= 4 is 43.5 Å². The molecule has 2 aromatic carbocycles. The highest BCUT2D eigenvalue weighted by Gasteiger charge is 2.22. The van der Waals surface area contributed by atoms with Crippen molar-refractivity contribution in [3.63, 3.8) is 0 Å². The van der Waals surface area contributed by atoms with E-state index in [1.165, 1.54) is 0 Å². The summed E-state index contributed by atoms with van der Waals surface area (Å²) in [5, 5.41) is 3.23. The first-order chi connectivity index (χ1) is 10.1. The molecule has 3 nitrogen and oxygen atoms in total. The first kappa shape index (κ1) is 16.0. The van der Waals surface area contributed by atoms with E-state index in [2.05, 4.69) is 37.2 Å². The van der Waals surface area contributed by atoms with Crippen LogP contribution in [0.5, 0.6) is 0 Å². The van der Waals surface area contributed by atoms with E-state index >= 15 is 0 Å². The quantitative estimate of drug-likeness (QED) is 0.707. The van der Waals surface area contributed by atoms with Crippen LogP contribution in [0.15, 0.2) is 57.5 Å². The summed E-state index contributed by atoms with van der Waals surface area (Å²) >= 11 is 6.91. The van der Waals surface area contributed by atoms with Crippen molar-refractivity contribution in [1.29, 1.82) is 0 Å². The molecule has 0 bridgehead atoms. The third-order valence-electron chi connectivity index (χ3n) is 2.88. The fourth-order valence-corrected chi connectivity index (χ4v) is 2.74. The van der Waals surface area contributed by atoms with Gasteiger partial charge in [0.25, 0.3) is 0 Å². The predicted molar refractivity (Wildman–Crippen MR) is 91.3 cm³/mol. The summed E-state index contributed by atoms with van der Waals surface area (Å²) in [5.41, 5.74) is 1.69. The van der Waals surface area contributed by atoms with E-state index < -0.39 is 6.04 Å². The number of nitrogens with one attached hydrogen (secondary N) is 1. The highest BCUT2D eigenvalue weighted by atomic mass is 79.9. The number of halogens is 2. The molecule has 2 rings (SSSR count). The second-order valence-corrected chi connectivity index (χ2v) is 6.13. The average molecular weight is 413 g/mol. The Morgan fingerprint density at radius 3 is 2.62 bits per heavy atom. The molecule has 0 saturated carbocycles. The number of hydrogen-bond donors (Lipinski definition) is 1. The van der Waals surface area contributed by atoms with Gasteiger partial charge in [-0.3, -0.25) is 0 Å². The smallest absolute Gasteiger partial charge is 0.333 e. The van der Waals surface area contributed by atoms with Crippen LogP contribution in [0.3, 0.4) is 0 Å². The minimum Gasteiger partial charge on any atom is -0.464 e. The Hall–Kier alpha value is -1.33. The van der Waals surface area contributed by atoms with Crippen molar-refractivity contribution in [2.45, 2.75) is 13.0 Å². The van der Waals surface area contributed by atoms with Crippen LogP contribution in [0, 0.1) is 0 Å². The molecular weight excluding hydrogens is 398 g/mol. The summed E-state index contributed by atoms with van der Waals surface area (Å²) in [6, 6.07) is 14.7. The molecule has 21 heavy (non-hydrogen) atoms. The van der Waals surface area contributed by atoms with Gasteiger partial charge in [-0.2, -0.15) is 0 Å². The second-order valence-electron chi connectivity index (χ2n) is 4.36. The molecule has 2 aromatic rings. The standard InChI is InChI=1S/C16H15Br2NO2/c1-2-21-16(20)15(11-6-5-7-12(17)10-11)19-14-9-4-3-8-13(14)18/h3-10,15,19H,2H2,1H3. The van der Waals surface area contributed by atoms with Crippen LogP contribution >= 0.6 is 31.9 Å². The number of ether oxygens (including phenoxy) is 1. The van der Waals surface area contributed by atoms with E-state index in [0.717, 1.165) is 20.2 Å². The first-order valence-electron chi connectivity index (χ1n) is 6.55. The van der Waals surface area contributed by atoms with Crippen molar-refractivity contribution in [2.75, 3.05) is 11.9 Å². The maximum atomic E-state index is 12.3. The Bertz CT molecular complexity index is 631. The second kappa shape index (κ2) is 7.61. The number of benzene rings is 2. The van der Waals surface area contributed by atoms with Gasteiger partial charge in [0, 0.05) is 14.6 Å². The van der Waals surface area contributed by atoms with Crippen LogP contribution in [0.25, 0.3) is 0 Å². The molecule has 1 N–H and O–H groups in total. The van der Waals surface area contributed by atoms with E-state index in [9.17, 15) is 4.79 Å². The largest absolute Gasteiger partial charge is 0.464 e. The van der Waals surface area contributed by atoms with Gasteiger partial charge < -0.3 is 10.1 Å². The lowest BCUT2D eigenvalue weighted by Gasteiger charge is -2.20. The molecule has 110 valence electrons. The van der Waals surface area contributed by atoms with Gasteiger partial charge in [-0.15, -0.1) is 0 Å². The molecule has 0 aliphatic carbocycles. The first-order valence-corrected chi connectivity index (χ1v) is 8.13. The van der Waals surface area contributed by atoms with Crippen LogP contribution in [-0.4, -0.2) is 12.6 Å².